The number of aromatic nitrogens is 2. The number of furan rings is 1. The van der Waals surface area contributed by atoms with Gasteiger partial charge in [0.25, 0.3) is 5.91 Å². The number of piperidine rings is 1. The highest BCUT2D eigenvalue weighted by molar-refractivity contribution is 5.93. The van der Waals surface area contributed by atoms with Gasteiger partial charge in [-0.15, -0.1) is 0 Å². The molecule has 4 heterocycles. The van der Waals surface area contributed by atoms with Gasteiger partial charge >= 0.3 is 0 Å². The van der Waals surface area contributed by atoms with Crippen LogP contribution in [0.5, 0.6) is 0 Å². The van der Waals surface area contributed by atoms with Gasteiger partial charge in [0.2, 0.25) is 5.91 Å². The maximum absolute atomic E-state index is 13.2. The second-order valence-electron chi connectivity index (χ2n) is 8.74. The highest BCUT2D eigenvalue weighted by Gasteiger charge is 2.33. The van der Waals surface area contributed by atoms with Crippen LogP contribution in [0.15, 0.2) is 59.5 Å². The molecule has 3 aromatic rings. The van der Waals surface area contributed by atoms with Crippen molar-refractivity contribution in [2.45, 2.75) is 38.6 Å². The Morgan fingerprint density at radius 3 is 2.64 bits per heavy atom. The lowest BCUT2D eigenvalue weighted by molar-refractivity contribution is -0.136. The van der Waals surface area contributed by atoms with E-state index in [0.717, 1.165) is 17.0 Å². The molecule has 0 bridgehead atoms. The van der Waals surface area contributed by atoms with Crippen LogP contribution in [0.3, 0.4) is 0 Å². The Morgan fingerprint density at radius 2 is 1.91 bits per heavy atom. The second kappa shape index (κ2) is 9.23. The Balaban J connectivity index is 1.18. The molecule has 172 valence electrons. The Bertz CT molecular complexity index is 1100. The minimum atomic E-state index is -0.0834. The third-order valence-corrected chi connectivity index (χ3v) is 6.58. The summed E-state index contributed by atoms with van der Waals surface area (Å²) in [7, 11) is 1.79. The Kier molecular flexibility index (Phi) is 6.00. The number of ether oxygens (including phenoxy) is 1. The van der Waals surface area contributed by atoms with Gasteiger partial charge in [0.05, 0.1) is 38.0 Å². The smallest absolute Gasteiger partial charge is 0.274 e. The van der Waals surface area contributed by atoms with E-state index in [4.69, 9.17) is 9.15 Å². The van der Waals surface area contributed by atoms with Crippen LogP contribution in [0.1, 0.15) is 46.5 Å². The van der Waals surface area contributed by atoms with Crippen molar-refractivity contribution in [3.63, 3.8) is 0 Å². The molecular weight excluding hydrogens is 420 g/mol. The fourth-order valence-corrected chi connectivity index (χ4v) is 4.68. The molecule has 0 aliphatic carbocycles. The number of amides is 2. The molecule has 8 nitrogen and oxygen atoms in total. The van der Waals surface area contributed by atoms with Crippen molar-refractivity contribution in [2.24, 2.45) is 5.92 Å². The zero-order chi connectivity index (χ0) is 22.8. The third-order valence-electron chi connectivity index (χ3n) is 6.58. The Labute approximate surface area is 192 Å². The van der Waals surface area contributed by atoms with Gasteiger partial charge in [-0.25, -0.2) is 4.98 Å². The fraction of sp³-hybridized carbons (Fsp3) is 0.400. The van der Waals surface area contributed by atoms with E-state index in [9.17, 15) is 9.59 Å². The summed E-state index contributed by atoms with van der Waals surface area (Å²) in [6, 6.07) is 13.8. The number of fused-ring (bicyclic) bond motifs is 1. The molecule has 2 aromatic heterocycles. The molecule has 2 aliphatic rings. The number of imidazole rings is 1. The van der Waals surface area contributed by atoms with E-state index in [1.54, 1.807) is 24.5 Å². The second-order valence-corrected chi connectivity index (χ2v) is 8.74. The topological polar surface area (TPSA) is 80.8 Å². The SMILES string of the molecule is CN(Cc1ccco1)C(=O)C1CCN(C(=O)c2ncn3c2COC(c2ccccc2)C3)CC1. The number of rotatable bonds is 5. The van der Waals surface area contributed by atoms with Crippen LogP contribution >= 0.6 is 0 Å². The van der Waals surface area contributed by atoms with Crippen LogP contribution in [0.25, 0.3) is 0 Å². The molecule has 1 aromatic carbocycles. The lowest BCUT2D eigenvalue weighted by Gasteiger charge is -2.33. The quantitative estimate of drug-likeness (QED) is 0.599. The standard InChI is InChI=1S/C25H28N4O4/c1-27(14-20-8-5-13-32-20)24(30)19-9-11-28(12-10-19)25(31)23-21-16-33-22(15-29(21)17-26-23)18-6-3-2-4-7-18/h2-8,13,17,19,22H,9-12,14-16H2,1H3. The summed E-state index contributed by atoms with van der Waals surface area (Å²) in [4.78, 5) is 34.0. The van der Waals surface area contributed by atoms with E-state index >= 15 is 0 Å². The first-order valence-electron chi connectivity index (χ1n) is 11.4. The highest BCUT2D eigenvalue weighted by atomic mass is 16.5. The molecule has 2 aliphatic heterocycles. The maximum Gasteiger partial charge on any atom is 0.274 e. The molecule has 0 spiro atoms. The van der Waals surface area contributed by atoms with Crippen molar-refractivity contribution in [3.8, 4) is 0 Å². The van der Waals surface area contributed by atoms with Gasteiger partial charge in [0, 0.05) is 26.1 Å². The number of hydrogen-bond donors (Lipinski definition) is 0. The summed E-state index contributed by atoms with van der Waals surface area (Å²) in [5.74, 6) is 0.693. The van der Waals surface area contributed by atoms with Crippen LogP contribution < -0.4 is 0 Å². The molecule has 2 amide bonds. The van der Waals surface area contributed by atoms with E-state index in [0.29, 0.717) is 51.3 Å². The maximum atomic E-state index is 13.2. The molecule has 0 radical (unpaired) electrons. The summed E-state index contributed by atoms with van der Waals surface area (Å²) < 4.78 is 13.4. The number of benzene rings is 1. The molecule has 0 N–H and O–H groups in total. The van der Waals surface area contributed by atoms with E-state index in [-0.39, 0.29) is 23.8 Å². The molecule has 1 unspecified atom stereocenters. The van der Waals surface area contributed by atoms with Crippen molar-refractivity contribution in [2.75, 3.05) is 20.1 Å². The molecular formula is C25H28N4O4. The first-order chi connectivity index (χ1) is 16.1. The Morgan fingerprint density at radius 1 is 1.12 bits per heavy atom. The van der Waals surface area contributed by atoms with E-state index in [1.807, 2.05) is 39.8 Å². The van der Waals surface area contributed by atoms with Gasteiger partial charge in [0.1, 0.15) is 11.9 Å². The lowest BCUT2D eigenvalue weighted by Crippen LogP contribution is -2.43. The van der Waals surface area contributed by atoms with Crippen LogP contribution in [-0.2, 0) is 29.2 Å². The van der Waals surface area contributed by atoms with E-state index < -0.39 is 0 Å². The number of carbonyl (C=O) groups is 2. The molecule has 1 fully saturated rings. The molecule has 1 atom stereocenters. The van der Waals surface area contributed by atoms with Gasteiger partial charge in [0.15, 0.2) is 5.69 Å². The molecule has 8 heteroatoms. The summed E-state index contributed by atoms with van der Waals surface area (Å²) in [5, 5.41) is 0. The van der Waals surface area contributed by atoms with E-state index in [2.05, 4.69) is 17.1 Å². The minimum absolute atomic E-state index is 0.0456. The zero-order valence-electron chi connectivity index (χ0n) is 18.7. The number of carbonyl (C=O) groups excluding carboxylic acids is 2. The Hall–Kier alpha value is -3.39. The monoisotopic (exact) mass is 448 g/mol. The van der Waals surface area contributed by atoms with Crippen LogP contribution in [0.2, 0.25) is 0 Å². The van der Waals surface area contributed by atoms with Gasteiger partial charge < -0.3 is 23.5 Å². The van der Waals surface area contributed by atoms with Gasteiger partial charge in [-0.3, -0.25) is 9.59 Å². The average Bonchev–Trinajstić information content (AvgIpc) is 3.53. The number of hydrogen-bond acceptors (Lipinski definition) is 5. The summed E-state index contributed by atoms with van der Waals surface area (Å²) in [6.45, 7) is 2.54. The fourth-order valence-electron chi connectivity index (χ4n) is 4.68. The van der Waals surface area contributed by atoms with Crippen molar-refractivity contribution < 1.29 is 18.7 Å². The van der Waals surface area contributed by atoms with Crippen molar-refractivity contribution in [1.29, 1.82) is 0 Å². The largest absolute Gasteiger partial charge is 0.467 e. The van der Waals surface area contributed by atoms with Crippen LogP contribution in [0.4, 0.5) is 0 Å². The van der Waals surface area contributed by atoms with Crippen LogP contribution in [0, 0.1) is 5.92 Å². The van der Waals surface area contributed by atoms with E-state index in [1.165, 1.54) is 0 Å². The van der Waals surface area contributed by atoms with Crippen LogP contribution in [-0.4, -0.2) is 51.3 Å². The van der Waals surface area contributed by atoms with Gasteiger partial charge in [-0.05, 0) is 30.5 Å². The molecule has 33 heavy (non-hydrogen) atoms. The molecule has 1 saturated heterocycles. The predicted molar refractivity (Wildman–Crippen MR) is 120 cm³/mol. The average molecular weight is 449 g/mol. The first kappa shape index (κ1) is 21.5. The van der Waals surface area contributed by atoms with Crippen molar-refractivity contribution in [1.82, 2.24) is 19.4 Å². The number of nitrogens with zero attached hydrogens (tertiary/aromatic N) is 4. The molecule has 5 rings (SSSR count). The molecule has 0 saturated carbocycles. The first-order valence-corrected chi connectivity index (χ1v) is 11.4. The summed E-state index contributed by atoms with van der Waals surface area (Å²) >= 11 is 0. The zero-order valence-corrected chi connectivity index (χ0v) is 18.7. The van der Waals surface area contributed by atoms with Crippen molar-refractivity contribution >= 4 is 11.8 Å². The summed E-state index contributed by atoms with van der Waals surface area (Å²) in [5.41, 5.74) is 2.40. The third kappa shape index (κ3) is 4.43. The lowest BCUT2D eigenvalue weighted by atomic mass is 9.95. The van der Waals surface area contributed by atoms with Gasteiger partial charge in [-0.2, -0.15) is 0 Å². The van der Waals surface area contributed by atoms with Gasteiger partial charge in [-0.1, -0.05) is 30.3 Å². The normalized spacial score (nSPS) is 18.7. The predicted octanol–water partition coefficient (Wildman–Crippen LogP) is 3.26. The van der Waals surface area contributed by atoms with Crippen molar-refractivity contribution in [3.05, 3.63) is 77.8 Å². The number of likely N-dealkylation sites (tertiary alicyclic amines) is 1. The summed E-state index contributed by atoms with van der Waals surface area (Å²) in [6.07, 6.45) is 4.60. The highest BCUT2D eigenvalue weighted by Crippen LogP contribution is 2.29. The minimum Gasteiger partial charge on any atom is -0.467 e.